The molecule has 0 atom stereocenters. The maximum atomic E-state index is 13.1. The summed E-state index contributed by atoms with van der Waals surface area (Å²) in [4.78, 5) is 23.6. The molecule has 2 rings (SSSR count). The smallest absolute Gasteiger partial charge is 0.251 e. The Morgan fingerprint density at radius 3 is 2.39 bits per heavy atom. The highest BCUT2D eigenvalue weighted by Crippen LogP contribution is 2.15. The van der Waals surface area contributed by atoms with Crippen molar-refractivity contribution in [1.82, 2.24) is 5.32 Å². The van der Waals surface area contributed by atoms with Crippen LogP contribution in [0, 0.1) is 25.5 Å². The van der Waals surface area contributed by atoms with E-state index in [4.69, 9.17) is 0 Å². The van der Waals surface area contributed by atoms with Crippen molar-refractivity contribution >= 4 is 17.5 Å². The first-order valence-electron chi connectivity index (χ1n) is 6.97. The van der Waals surface area contributed by atoms with Gasteiger partial charge in [0.25, 0.3) is 5.91 Å². The summed E-state index contributed by atoms with van der Waals surface area (Å²) in [5, 5.41) is 5.03. The lowest BCUT2D eigenvalue weighted by atomic mass is 10.1. The summed E-state index contributed by atoms with van der Waals surface area (Å²) >= 11 is 0. The largest absolute Gasteiger partial charge is 0.343 e. The number of anilines is 1. The fourth-order valence-electron chi connectivity index (χ4n) is 2.05. The maximum Gasteiger partial charge on any atom is 0.251 e. The van der Waals surface area contributed by atoms with Crippen LogP contribution in [0.3, 0.4) is 0 Å². The van der Waals surface area contributed by atoms with Crippen LogP contribution >= 0.6 is 0 Å². The Bertz CT molecular complexity index is 760. The molecule has 0 aliphatic rings. The molecule has 23 heavy (non-hydrogen) atoms. The Labute approximate surface area is 132 Å². The number of carbonyl (C=O) groups excluding carboxylic acids is 2. The van der Waals surface area contributed by atoms with E-state index in [-0.39, 0.29) is 12.1 Å². The summed E-state index contributed by atoms with van der Waals surface area (Å²) < 4.78 is 25.9. The van der Waals surface area contributed by atoms with Crippen LogP contribution in [0.15, 0.2) is 36.4 Å². The van der Waals surface area contributed by atoms with Gasteiger partial charge in [-0.3, -0.25) is 9.59 Å². The Morgan fingerprint density at radius 2 is 1.74 bits per heavy atom. The molecule has 2 aromatic rings. The molecule has 0 aliphatic heterocycles. The fraction of sp³-hybridized carbons (Fsp3) is 0.176. The van der Waals surface area contributed by atoms with E-state index < -0.39 is 23.4 Å². The standard InChI is InChI=1S/C17H16F2N2O2/c1-10-3-6-15(11(2)7-10)21-16(22)9-20-17(23)12-4-5-13(18)14(19)8-12/h3-8H,9H2,1-2H3,(H,20,23)(H,21,22). The Balaban J connectivity index is 1.93. The number of amides is 2. The van der Waals surface area contributed by atoms with E-state index in [2.05, 4.69) is 10.6 Å². The second-order valence-electron chi connectivity index (χ2n) is 5.18. The third kappa shape index (κ3) is 4.35. The molecule has 0 saturated carbocycles. The first-order valence-corrected chi connectivity index (χ1v) is 6.97. The SMILES string of the molecule is Cc1ccc(NC(=O)CNC(=O)c2ccc(F)c(F)c2)c(C)c1. The van der Waals surface area contributed by atoms with Crippen LogP contribution in [0.2, 0.25) is 0 Å². The minimum Gasteiger partial charge on any atom is -0.343 e. The minimum absolute atomic E-state index is 0.0526. The van der Waals surface area contributed by atoms with Crippen molar-refractivity contribution in [3.63, 3.8) is 0 Å². The molecule has 2 N–H and O–H groups in total. The molecule has 0 unspecified atom stereocenters. The zero-order chi connectivity index (χ0) is 17.0. The molecule has 0 radical (unpaired) electrons. The number of carbonyl (C=O) groups is 2. The molecule has 4 nitrogen and oxygen atoms in total. The number of halogens is 2. The second kappa shape index (κ2) is 7.00. The van der Waals surface area contributed by atoms with Crippen molar-refractivity contribution in [2.45, 2.75) is 13.8 Å². The van der Waals surface area contributed by atoms with E-state index in [1.807, 2.05) is 26.0 Å². The van der Waals surface area contributed by atoms with Gasteiger partial charge in [-0.2, -0.15) is 0 Å². The predicted molar refractivity (Wildman–Crippen MR) is 83.2 cm³/mol. The van der Waals surface area contributed by atoms with Crippen molar-refractivity contribution in [3.05, 3.63) is 64.7 Å². The number of aryl methyl sites for hydroxylation is 2. The van der Waals surface area contributed by atoms with Gasteiger partial charge >= 0.3 is 0 Å². The van der Waals surface area contributed by atoms with Gasteiger partial charge in [0.15, 0.2) is 11.6 Å². The van der Waals surface area contributed by atoms with Gasteiger partial charge in [-0.25, -0.2) is 8.78 Å². The van der Waals surface area contributed by atoms with E-state index in [1.54, 1.807) is 6.07 Å². The van der Waals surface area contributed by atoms with E-state index in [0.29, 0.717) is 5.69 Å². The molecule has 6 heteroatoms. The quantitative estimate of drug-likeness (QED) is 0.910. The highest BCUT2D eigenvalue weighted by molar-refractivity contribution is 5.99. The third-order valence-electron chi connectivity index (χ3n) is 3.25. The summed E-state index contributed by atoms with van der Waals surface area (Å²) in [6.45, 7) is 3.54. The van der Waals surface area contributed by atoms with Gasteiger partial charge in [0.1, 0.15) is 0 Å². The molecule has 0 bridgehead atoms. The number of hydrogen-bond donors (Lipinski definition) is 2. The maximum absolute atomic E-state index is 13.1. The third-order valence-corrected chi connectivity index (χ3v) is 3.25. The first kappa shape index (κ1) is 16.6. The number of rotatable bonds is 4. The molecule has 0 aromatic heterocycles. The molecule has 0 heterocycles. The summed E-state index contributed by atoms with van der Waals surface area (Å²) in [6, 6.07) is 8.36. The molecule has 2 amide bonds. The zero-order valence-corrected chi connectivity index (χ0v) is 12.7. The highest BCUT2D eigenvalue weighted by Gasteiger charge is 2.11. The Hall–Kier alpha value is -2.76. The summed E-state index contributed by atoms with van der Waals surface area (Å²) in [6.07, 6.45) is 0. The van der Waals surface area contributed by atoms with E-state index in [0.717, 1.165) is 29.3 Å². The van der Waals surface area contributed by atoms with Gasteiger partial charge < -0.3 is 10.6 Å². The highest BCUT2D eigenvalue weighted by atomic mass is 19.2. The molecule has 0 aliphatic carbocycles. The lowest BCUT2D eigenvalue weighted by Gasteiger charge is -2.10. The molecular formula is C17H16F2N2O2. The van der Waals surface area contributed by atoms with Crippen LogP contribution in [0.4, 0.5) is 14.5 Å². The molecule has 0 spiro atoms. The van der Waals surface area contributed by atoms with Gasteiger partial charge in [0, 0.05) is 11.3 Å². The number of nitrogens with one attached hydrogen (secondary N) is 2. The summed E-state index contributed by atoms with van der Waals surface area (Å²) in [5.41, 5.74) is 2.59. The molecule has 0 fully saturated rings. The number of hydrogen-bond acceptors (Lipinski definition) is 2. The van der Waals surface area contributed by atoms with Crippen LogP contribution < -0.4 is 10.6 Å². The van der Waals surface area contributed by atoms with Crippen molar-refractivity contribution in [2.24, 2.45) is 0 Å². The van der Waals surface area contributed by atoms with Crippen molar-refractivity contribution in [1.29, 1.82) is 0 Å². The van der Waals surface area contributed by atoms with Crippen LogP contribution in [0.1, 0.15) is 21.5 Å². The average Bonchev–Trinajstić information content (AvgIpc) is 2.50. The normalized spacial score (nSPS) is 10.3. The molecule has 2 aromatic carbocycles. The van der Waals surface area contributed by atoms with Crippen molar-refractivity contribution in [3.8, 4) is 0 Å². The topological polar surface area (TPSA) is 58.2 Å². The minimum atomic E-state index is -1.11. The van der Waals surface area contributed by atoms with Gasteiger partial charge in [0.2, 0.25) is 5.91 Å². The Kier molecular flexibility index (Phi) is 5.05. The summed E-state index contributed by atoms with van der Waals surface area (Å²) in [5.74, 6) is -3.21. The van der Waals surface area contributed by atoms with E-state index >= 15 is 0 Å². The zero-order valence-electron chi connectivity index (χ0n) is 12.7. The molecular weight excluding hydrogens is 302 g/mol. The van der Waals surface area contributed by atoms with Crippen LogP contribution in [0.5, 0.6) is 0 Å². The van der Waals surface area contributed by atoms with Crippen LogP contribution in [0.25, 0.3) is 0 Å². The monoisotopic (exact) mass is 318 g/mol. The van der Waals surface area contributed by atoms with Gasteiger partial charge in [0.05, 0.1) is 6.54 Å². The van der Waals surface area contributed by atoms with Crippen LogP contribution in [-0.4, -0.2) is 18.4 Å². The van der Waals surface area contributed by atoms with E-state index in [1.165, 1.54) is 0 Å². The van der Waals surface area contributed by atoms with Gasteiger partial charge in [-0.1, -0.05) is 17.7 Å². The van der Waals surface area contributed by atoms with Crippen molar-refractivity contribution in [2.75, 3.05) is 11.9 Å². The fourth-order valence-corrected chi connectivity index (χ4v) is 2.05. The van der Waals surface area contributed by atoms with Gasteiger partial charge in [-0.05, 0) is 43.7 Å². The Morgan fingerprint density at radius 1 is 1.00 bits per heavy atom. The lowest BCUT2D eigenvalue weighted by Crippen LogP contribution is -2.33. The first-order chi connectivity index (χ1) is 10.9. The second-order valence-corrected chi connectivity index (χ2v) is 5.18. The average molecular weight is 318 g/mol. The van der Waals surface area contributed by atoms with Crippen LogP contribution in [-0.2, 0) is 4.79 Å². The molecule has 0 saturated heterocycles. The van der Waals surface area contributed by atoms with Gasteiger partial charge in [-0.15, -0.1) is 0 Å². The molecule has 120 valence electrons. The van der Waals surface area contributed by atoms with E-state index in [9.17, 15) is 18.4 Å². The van der Waals surface area contributed by atoms with Crippen molar-refractivity contribution < 1.29 is 18.4 Å². The number of benzene rings is 2. The lowest BCUT2D eigenvalue weighted by molar-refractivity contribution is -0.115. The predicted octanol–water partition coefficient (Wildman–Crippen LogP) is 2.95. The summed E-state index contributed by atoms with van der Waals surface area (Å²) in [7, 11) is 0.